The maximum absolute atomic E-state index is 9.98. The summed E-state index contributed by atoms with van der Waals surface area (Å²) in [4.78, 5) is 0. The van der Waals surface area contributed by atoms with E-state index in [1.165, 1.54) is 5.56 Å². The van der Waals surface area contributed by atoms with E-state index in [0.29, 0.717) is 0 Å². The Balaban J connectivity index is 2.14. The fourth-order valence-electron chi connectivity index (χ4n) is 3.45. The molecule has 3 rings (SSSR count). The lowest BCUT2D eigenvalue weighted by Gasteiger charge is -2.31. The Labute approximate surface area is 149 Å². The van der Waals surface area contributed by atoms with Gasteiger partial charge in [-0.15, -0.1) is 0 Å². The van der Waals surface area contributed by atoms with Crippen LogP contribution in [-0.4, -0.2) is 23.9 Å². The number of hydrogen-bond acceptors (Lipinski definition) is 4. The molecule has 1 heterocycles. The molecule has 3 N–H and O–H groups in total. The van der Waals surface area contributed by atoms with Gasteiger partial charge in [-0.25, -0.2) is 0 Å². The Hall–Kier alpha value is -2.20. The SMILES string of the molecule is CCC(C)(C)c1ccc(OC)c(C2NCCc3cc(O)c(O)cc32)c1. The smallest absolute Gasteiger partial charge is 0.157 e. The largest absolute Gasteiger partial charge is 0.504 e. The maximum Gasteiger partial charge on any atom is 0.157 e. The molecule has 0 saturated carbocycles. The zero-order valence-electron chi connectivity index (χ0n) is 15.4. The predicted octanol–water partition coefficient (Wildman–Crippen LogP) is 4.03. The van der Waals surface area contributed by atoms with Gasteiger partial charge in [-0.1, -0.05) is 26.8 Å². The third-order valence-corrected chi connectivity index (χ3v) is 5.50. The number of hydrogen-bond donors (Lipinski definition) is 3. The Bertz CT molecular complexity index is 783. The van der Waals surface area contributed by atoms with Gasteiger partial charge in [0.2, 0.25) is 0 Å². The molecule has 25 heavy (non-hydrogen) atoms. The van der Waals surface area contributed by atoms with Crippen molar-refractivity contribution in [2.45, 2.75) is 45.1 Å². The van der Waals surface area contributed by atoms with Gasteiger partial charge in [-0.05, 0) is 59.2 Å². The van der Waals surface area contributed by atoms with Gasteiger partial charge in [0.1, 0.15) is 5.75 Å². The number of fused-ring (bicyclic) bond motifs is 1. The second-order valence-electron chi connectivity index (χ2n) is 7.37. The monoisotopic (exact) mass is 341 g/mol. The van der Waals surface area contributed by atoms with Crippen molar-refractivity contribution in [3.05, 3.63) is 52.6 Å². The number of phenols is 2. The van der Waals surface area contributed by atoms with Gasteiger partial charge in [-0.3, -0.25) is 0 Å². The fourth-order valence-corrected chi connectivity index (χ4v) is 3.45. The number of methoxy groups -OCH3 is 1. The average molecular weight is 341 g/mol. The Morgan fingerprint density at radius 3 is 2.52 bits per heavy atom. The highest BCUT2D eigenvalue weighted by Crippen LogP contribution is 2.40. The van der Waals surface area contributed by atoms with Crippen LogP contribution in [-0.2, 0) is 11.8 Å². The summed E-state index contributed by atoms with van der Waals surface area (Å²) in [5, 5.41) is 23.3. The van der Waals surface area contributed by atoms with Gasteiger partial charge >= 0.3 is 0 Å². The van der Waals surface area contributed by atoms with E-state index >= 15 is 0 Å². The number of rotatable bonds is 4. The molecule has 0 amide bonds. The molecule has 4 nitrogen and oxygen atoms in total. The highest BCUT2D eigenvalue weighted by Gasteiger charge is 2.27. The lowest BCUT2D eigenvalue weighted by molar-refractivity contribution is 0.394. The van der Waals surface area contributed by atoms with Crippen molar-refractivity contribution in [2.75, 3.05) is 13.7 Å². The second-order valence-corrected chi connectivity index (χ2v) is 7.37. The standard InChI is InChI=1S/C21H27NO3/c1-5-21(2,3)14-6-7-19(25-4)16(11-14)20-15-12-18(24)17(23)10-13(15)8-9-22-20/h6-7,10-12,20,22-24H,5,8-9H2,1-4H3. The molecule has 0 bridgehead atoms. The lowest BCUT2D eigenvalue weighted by Crippen LogP contribution is -2.31. The third kappa shape index (κ3) is 3.19. The van der Waals surface area contributed by atoms with Crippen molar-refractivity contribution < 1.29 is 14.9 Å². The van der Waals surface area contributed by atoms with Gasteiger partial charge < -0.3 is 20.3 Å². The van der Waals surface area contributed by atoms with E-state index in [-0.39, 0.29) is 23.0 Å². The minimum Gasteiger partial charge on any atom is -0.504 e. The molecule has 1 aliphatic heterocycles. The molecular weight excluding hydrogens is 314 g/mol. The van der Waals surface area contributed by atoms with Crippen LogP contribution in [0.4, 0.5) is 0 Å². The van der Waals surface area contributed by atoms with Crippen LogP contribution in [0.1, 0.15) is 55.5 Å². The molecule has 0 aromatic heterocycles. The quantitative estimate of drug-likeness (QED) is 0.735. The molecule has 2 aromatic rings. The first-order valence-corrected chi connectivity index (χ1v) is 8.84. The molecule has 134 valence electrons. The van der Waals surface area contributed by atoms with E-state index in [4.69, 9.17) is 4.74 Å². The van der Waals surface area contributed by atoms with Crippen molar-refractivity contribution in [1.82, 2.24) is 5.32 Å². The van der Waals surface area contributed by atoms with Crippen LogP contribution in [0.5, 0.6) is 17.2 Å². The predicted molar refractivity (Wildman–Crippen MR) is 99.6 cm³/mol. The van der Waals surface area contributed by atoms with Crippen molar-refractivity contribution in [2.24, 2.45) is 0 Å². The summed E-state index contributed by atoms with van der Waals surface area (Å²) in [5.41, 5.74) is 4.46. The zero-order valence-corrected chi connectivity index (χ0v) is 15.4. The van der Waals surface area contributed by atoms with Crippen LogP contribution in [0.3, 0.4) is 0 Å². The summed E-state index contributed by atoms with van der Waals surface area (Å²) < 4.78 is 5.62. The minimum absolute atomic E-state index is 0.0627. The normalized spacial score (nSPS) is 17.2. The molecule has 0 fully saturated rings. The van der Waals surface area contributed by atoms with E-state index in [1.54, 1.807) is 19.2 Å². The number of ether oxygens (including phenoxy) is 1. The van der Waals surface area contributed by atoms with E-state index < -0.39 is 0 Å². The Kier molecular flexibility index (Phi) is 4.65. The van der Waals surface area contributed by atoms with Crippen LogP contribution in [0.2, 0.25) is 0 Å². The van der Waals surface area contributed by atoms with Crippen LogP contribution in [0.15, 0.2) is 30.3 Å². The summed E-state index contributed by atoms with van der Waals surface area (Å²) in [6.07, 6.45) is 1.87. The Morgan fingerprint density at radius 2 is 1.84 bits per heavy atom. The van der Waals surface area contributed by atoms with Crippen LogP contribution in [0.25, 0.3) is 0 Å². The number of nitrogens with one attached hydrogen (secondary N) is 1. The molecule has 0 aliphatic carbocycles. The minimum atomic E-state index is -0.0866. The summed E-state index contributed by atoms with van der Waals surface area (Å²) in [5.74, 6) is 0.678. The van der Waals surface area contributed by atoms with Crippen molar-refractivity contribution >= 4 is 0 Å². The van der Waals surface area contributed by atoms with Crippen molar-refractivity contribution in [3.8, 4) is 17.2 Å². The first kappa shape index (κ1) is 17.6. The third-order valence-electron chi connectivity index (χ3n) is 5.50. The van der Waals surface area contributed by atoms with Gasteiger partial charge in [0.25, 0.3) is 0 Å². The molecular formula is C21H27NO3. The summed E-state index contributed by atoms with van der Waals surface area (Å²) in [6, 6.07) is 9.63. The van der Waals surface area contributed by atoms with Crippen molar-refractivity contribution in [1.29, 1.82) is 0 Å². The molecule has 1 atom stereocenters. The first-order chi connectivity index (χ1) is 11.9. The van der Waals surface area contributed by atoms with E-state index in [2.05, 4.69) is 38.2 Å². The second kappa shape index (κ2) is 6.60. The van der Waals surface area contributed by atoms with Crippen LogP contribution < -0.4 is 10.1 Å². The summed E-state index contributed by atoms with van der Waals surface area (Å²) in [7, 11) is 1.68. The van der Waals surface area contributed by atoms with Gasteiger partial charge in [0.05, 0.1) is 13.2 Å². The van der Waals surface area contributed by atoms with Crippen LogP contribution >= 0.6 is 0 Å². The highest BCUT2D eigenvalue weighted by atomic mass is 16.5. The summed E-state index contributed by atoms with van der Waals surface area (Å²) in [6.45, 7) is 7.49. The molecule has 1 aliphatic rings. The van der Waals surface area contributed by atoms with E-state index in [9.17, 15) is 10.2 Å². The molecule has 0 saturated heterocycles. The van der Waals surface area contributed by atoms with Gasteiger partial charge in [-0.2, -0.15) is 0 Å². The Morgan fingerprint density at radius 1 is 1.12 bits per heavy atom. The van der Waals surface area contributed by atoms with Gasteiger partial charge in [0, 0.05) is 12.1 Å². The molecule has 0 spiro atoms. The fraction of sp³-hybridized carbons (Fsp3) is 0.429. The summed E-state index contributed by atoms with van der Waals surface area (Å²) >= 11 is 0. The topological polar surface area (TPSA) is 61.7 Å². The lowest BCUT2D eigenvalue weighted by atomic mass is 9.80. The molecule has 0 radical (unpaired) electrons. The highest BCUT2D eigenvalue weighted by molar-refractivity contribution is 5.53. The average Bonchev–Trinajstić information content (AvgIpc) is 2.61. The molecule has 1 unspecified atom stereocenters. The van der Waals surface area contributed by atoms with Gasteiger partial charge in [0.15, 0.2) is 11.5 Å². The van der Waals surface area contributed by atoms with E-state index in [0.717, 1.165) is 41.8 Å². The number of benzene rings is 2. The molecule has 2 aromatic carbocycles. The van der Waals surface area contributed by atoms with E-state index in [1.807, 2.05) is 6.07 Å². The number of phenolic OH excluding ortho intramolecular Hbond substituents is 2. The number of aromatic hydroxyl groups is 2. The molecule has 4 heteroatoms. The van der Waals surface area contributed by atoms with Crippen LogP contribution in [0, 0.1) is 0 Å². The first-order valence-electron chi connectivity index (χ1n) is 8.84. The zero-order chi connectivity index (χ0) is 18.2. The van der Waals surface area contributed by atoms with Crippen molar-refractivity contribution in [3.63, 3.8) is 0 Å². The maximum atomic E-state index is 9.98.